The van der Waals surface area contributed by atoms with Gasteiger partial charge in [0, 0.05) is 24.5 Å². The summed E-state index contributed by atoms with van der Waals surface area (Å²) in [5.74, 6) is -0.351. The SMILES string of the molecule is O=C(c1ccc(-c2cccc(F)c2)nc1)N1CCCC1c1ccccn1. The number of rotatable bonds is 3. The van der Waals surface area contributed by atoms with Gasteiger partial charge in [-0.3, -0.25) is 14.8 Å². The number of nitrogens with zero attached hydrogens (tertiary/aromatic N) is 3. The van der Waals surface area contributed by atoms with E-state index in [1.807, 2.05) is 23.1 Å². The number of amides is 1. The molecule has 1 saturated heterocycles. The molecule has 1 aliphatic heterocycles. The molecule has 0 spiro atoms. The van der Waals surface area contributed by atoms with Crippen LogP contribution in [0.5, 0.6) is 0 Å². The van der Waals surface area contributed by atoms with Gasteiger partial charge in [0.05, 0.1) is 23.0 Å². The van der Waals surface area contributed by atoms with E-state index in [2.05, 4.69) is 9.97 Å². The Morgan fingerprint density at radius 3 is 2.73 bits per heavy atom. The lowest BCUT2D eigenvalue weighted by Crippen LogP contribution is -2.31. The third kappa shape index (κ3) is 3.20. The first-order valence-electron chi connectivity index (χ1n) is 8.66. The van der Waals surface area contributed by atoms with E-state index in [-0.39, 0.29) is 17.8 Å². The lowest BCUT2D eigenvalue weighted by Gasteiger charge is -2.24. The van der Waals surface area contributed by atoms with E-state index in [0.717, 1.165) is 18.5 Å². The third-order valence-electron chi connectivity index (χ3n) is 4.67. The molecule has 4 nitrogen and oxygen atoms in total. The molecule has 1 amide bonds. The van der Waals surface area contributed by atoms with Crippen LogP contribution in [0.3, 0.4) is 0 Å². The second-order valence-corrected chi connectivity index (χ2v) is 6.35. The largest absolute Gasteiger partial charge is 0.330 e. The van der Waals surface area contributed by atoms with Gasteiger partial charge in [-0.15, -0.1) is 0 Å². The van der Waals surface area contributed by atoms with Crippen LogP contribution in [0.2, 0.25) is 0 Å². The van der Waals surface area contributed by atoms with Crippen LogP contribution in [-0.2, 0) is 0 Å². The van der Waals surface area contributed by atoms with Gasteiger partial charge in [-0.1, -0.05) is 18.2 Å². The van der Waals surface area contributed by atoms with Crippen molar-refractivity contribution in [2.45, 2.75) is 18.9 Å². The molecule has 1 unspecified atom stereocenters. The summed E-state index contributed by atoms with van der Waals surface area (Å²) >= 11 is 0. The minimum absolute atomic E-state index is 0.00611. The average molecular weight is 347 g/mol. The Morgan fingerprint density at radius 1 is 1.08 bits per heavy atom. The van der Waals surface area contributed by atoms with Crippen LogP contribution in [-0.4, -0.2) is 27.3 Å². The number of benzene rings is 1. The van der Waals surface area contributed by atoms with Gasteiger partial charge in [0.1, 0.15) is 5.82 Å². The van der Waals surface area contributed by atoms with E-state index in [9.17, 15) is 9.18 Å². The minimum atomic E-state index is -0.306. The molecule has 0 N–H and O–H groups in total. The van der Waals surface area contributed by atoms with Gasteiger partial charge >= 0.3 is 0 Å². The maximum absolute atomic E-state index is 13.4. The zero-order valence-electron chi connectivity index (χ0n) is 14.2. The van der Waals surface area contributed by atoms with Gasteiger partial charge in [-0.25, -0.2) is 4.39 Å². The number of aromatic nitrogens is 2. The molecule has 0 radical (unpaired) electrons. The van der Waals surface area contributed by atoms with Crippen LogP contribution in [0.4, 0.5) is 4.39 Å². The summed E-state index contributed by atoms with van der Waals surface area (Å²) < 4.78 is 13.4. The first-order valence-corrected chi connectivity index (χ1v) is 8.66. The molecule has 1 aliphatic rings. The molecular formula is C21H18FN3O. The predicted octanol–water partition coefficient (Wildman–Crippen LogP) is 4.26. The molecule has 0 saturated carbocycles. The lowest BCUT2D eigenvalue weighted by atomic mass is 10.1. The van der Waals surface area contributed by atoms with Crippen molar-refractivity contribution in [2.75, 3.05) is 6.54 Å². The molecule has 4 rings (SSSR count). The highest BCUT2D eigenvalue weighted by Gasteiger charge is 2.31. The minimum Gasteiger partial charge on any atom is -0.330 e. The number of hydrogen-bond acceptors (Lipinski definition) is 3. The van der Waals surface area contributed by atoms with Gasteiger partial charge in [0.15, 0.2) is 0 Å². The number of carbonyl (C=O) groups excluding carboxylic acids is 1. The Balaban J connectivity index is 1.56. The van der Waals surface area contributed by atoms with Crippen molar-refractivity contribution in [1.29, 1.82) is 0 Å². The number of pyridine rings is 2. The fourth-order valence-corrected chi connectivity index (χ4v) is 3.40. The lowest BCUT2D eigenvalue weighted by molar-refractivity contribution is 0.0732. The second kappa shape index (κ2) is 7.04. The summed E-state index contributed by atoms with van der Waals surface area (Å²) in [4.78, 5) is 23.5. The zero-order valence-corrected chi connectivity index (χ0v) is 14.2. The van der Waals surface area contributed by atoms with Crippen molar-refractivity contribution in [3.05, 3.63) is 84.1 Å². The van der Waals surface area contributed by atoms with Crippen LogP contribution in [0.25, 0.3) is 11.3 Å². The Morgan fingerprint density at radius 2 is 2.00 bits per heavy atom. The molecule has 130 valence electrons. The molecule has 0 aliphatic carbocycles. The molecule has 3 heterocycles. The fourth-order valence-electron chi connectivity index (χ4n) is 3.40. The van der Waals surface area contributed by atoms with Crippen LogP contribution >= 0.6 is 0 Å². The third-order valence-corrected chi connectivity index (χ3v) is 4.67. The van der Waals surface area contributed by atoms with Crippen molar-refractivity contribution in [1.82, 2.24) is 14.9 Å². The summed E-state index contributed by atoms with van der Waals surface area (Å²) in [6, 6.07) is 15.6. The maximum atomic E-state index is 13.4. The number of carbonyl (C=O) groups is 1. The molecule has 1 fully saturated rings. The summed E-state index contributed by atoms with van der Waals surface area (Å²) in [7, 11) is 0. The van der Waals surface area contributed by atoms with E-state index in [0.29, 0.717) is 23.4 Å². The van der Waals surface area contributed by atoms with Crippen LogP contribution in [0.1, 0.15) is 34.9 Å². The molecule has 0 bridgehead atoms. The van der Waals surface area contributed by atoms with Crippen LogP contribution < -0.4 is 0 Å². The fraction of sp³-hybridized carbons (Fsp3) is 0.190. The van der Waals surface area contributed by atoms with Gasteiger partial charge in [0.25, 0.3) is 5.91 Å². The molecule has 2 aromatic heterocycles. The highest BCUT2D eigenvalue weighted by atomic mass is 19.1. The highest BCUT2D eigenvalue weighted by Crippen LogP contribution is 2.32. The zero-order chi connectivity index (χ0) is 17.9. The first-order chi connectivity index (χ1) is 12.7. The number of hydrogen-bond donors (Lipinski definition) is 0. The van der Waals surface area contributed by atoms with Crippen LogP contribution in [0.15, 0.2) is 67.0 Å². The monoisotopic (exact) mass is 347 g/mol. The summed E-state index contributed by atoms with van der Waals surface area (Å²) in [6.45, 7) is 0.714. The predicted molar refractivity (Wildman–Crippen MR) is 96.9 cm³/mol. The summed E-state index contributed by atoms with van der Waals surface area (Å²) in [5, 5.41) is 0. The number of halogens is 1. The molecular weight excluding hydrogens is 329 g/mol. The van der Waals surface area contributed by atoms with E-state index in [1.54, 1.807) is 36.7 Å². The van der Waals surface area contributed by atoms with Crippen LogP contribution in [0, 0.1) is 5.82 Å². The van der Waals surface area contributed by atoms with Crippen molar-refractivity contribution in [2.24, 2.45) is 0 Å². The first kappa shape index (κ1) is 16.4. The van der Waals surface area contributed by atoms with Crippen molar-refractivity contribution >= 4 is 5.91 Å². The topological polar surface area (TPSA) is 46.1 Å². The Bertz CT molecular complexity index is 912. The smallest absolute Gasteiger partial charge is 0.255 e. The molecule has 5 heteroatoms. The van der Waals surface area contributed by atoms with Gasteiger partial charge in [-0.2, -0.15) is 0 Å². The second-order valence-electron chi connectivity index (χ2n) is 6.35. The molecule has 3 aromatic rings. The van der Waals surface area contributed by atoms with Crippen molar-refractivity contribution in [3.8, 4) is 11.3 Å². The van der Waals surface area contributed by atoms with Gasteiger partial charge < -0.3 is 4.90 Å². The Labute approximate surface area is 151 Å². The van der Waals surface area contributed by atoms with Crippen molar-refractivity contribution < 1.29 is 9.18 Å². The van der Waals surface area contributed by atoms with E-state index in [1.165, 1.54) is 12.1 Å². The highest BCUT2D eigenvalue weighted by molar-refractivity contribution is 5.94. The summed E-state index contributed by atoms with van der Waals surface area (Å²) in [5.41, 5.74) is 2.79. The quantitative estimate of drug-likeness (QED) is 0.711. The molecule has 26 heavy (non-hydrogen) atoms. The Hall–Kier alpha value is -3.08. The number of likely N-dealkylation sites (tertiary alicyclic amines) is 1. The Kier molecular flexibility index (Phi) is 4.44. The molecule has 1 aromatic carbocycles. The van der Waals surface area contributed by atoms with Crippen molar-refractivity contribution in [3.63, 3.8) is 0 Å². The standard InChI is InChI=1S/C21H18FN3O/c22-17-6-3-5-15(13-17)18-10-9-16(14-24-18)21(26)25-12-4-8-20(25)19-7-1-2-11-23-19/h1-3,5-7,9-11,13-14,20H,4,8,12H2. The molecule has 1 atom stereocenters. The van der Waals surface area contributed by atoms with E-state index >= 15 is 0 Å². The maximum Gasteiger partial charge on any atom is 0.255 e. The van der Waals surface area contributed by atoms with Gasteiger partial charge in [-0.05, 0) is 49.2 Å². The normalized spacial score (nSPS) is 16.7. The average Bonchev–Trinajstić information content (AvgIpc) is 3.18. The summed E-state index contributed by atoms with van der Waals surface area (Å²) in [6.07, 6.45) is 5.20. The van der Waals surface area contributed by atoms with Gasteiger partial charge in [0.2, 0.25) is 0 Å². The van der Waals surface area contributed by atoms with E-state index < -0.39 is 0 Å². The van der Waals surface area contributed by atoms with E-state index in [4.69, 9.17) is 0 Å².